The minimum atomic E-state index is 0.320. The molecule has 0 bridgehead atoms. The molecule has 1 aromatic carbocycles. The van der Waals surface area contributed by atoms with Crippen LogP contribution in [0.4, 0.5) is 0 Å². The summed E-state index contributed by atoms with van der Waals surface area (Å²) in [5.74, 6) is 0.320. The summed E-state index contributed by atoms with van der Waals surface area (Å²) in [4.78, 5) is 16.6. The summed E-state index contributed by atoms with van der Waals surface area (Å²) in [6.07, 6.45) is 4.85. The second-order valence-electron chi connectivity index (χ2n) is 5.71. The van der Waals surface area contributed by atoms with E-state index in [9.17, 15) is 4.79 Å². The van der Waals surface area contributed by atoms with Crippen molar-refractivity contribution < 1.29 is 4.79 Å². The molecule has 0 spiro atoms. The van der Waals surface area contributed by atoms with E-state index in [4.69, 9.17) is 0 Å². The molecule has 1 aromatic rings. The van der Waals surface area contributed by atoms with Crippen LogP contribution in [0.5, 0.6) is 0 Å². The third kappa shape index (κ3) is 3.35. The molecular formula is C16H22N2O. The van der Waals surface area contributed by atoms with Gasteiger partial charge in [0.05, 0.1) is 6.54 Å². The van der Waals surface area contributed by atoms with E-state index in [1.165, 1.54) is 31.2 Å². The third-order valence-corrected chi connectivity index (χ3v) is 4.09. The number of likely N-dealkylation sites (tertiary alicyclic amines) is 1. The van der Waals surface area contributed by atoms with E-state index in [-0.39, 0.29) is 0 Å². The number of amides is 1. The summed E-state index contributed by atoms with van der Waals surface area (Å²) in [5.41, 5.74) is 1.31. The fourth-order valence-corrected chi connectivity index (χ4v) is 2.81. The fourth-order valence-electron chi connectivity index (χ4n) is 2.81. The van der Waals surface area contributed by atoms with Crippen molar-refractivity contribution in [3.8, 4) is 0 Å². The monoisotopic (exact) mass is 258 g/mol. The Balaban J connectivity index is 1.59. The van der Waals surface area contributed by atoms with Gasteiger partial charge in [-0.25, -0.2) is 0 Å². The molecule has 1 aliphatic carbocycles. The lowest BCUT2D eigenvalue weighted by Crippen LogP contribution is -2.39. The highest BCUT2D eigenvalue weighted by atomic mass is 16.2. The van der Waals surface area contributed by atoms with Gasteiger partial charge in [-0.3, -0.25) is 9.69 Å². The average Bonchev–Trinajstić information content (AvgIpc) is 3.13. The van der Waals surface area contributed by atoms with Crippen molar-refractivity contribution in [1.29, 1.82) is 0 Å². The molecule has 1 heterocycles. The van der Waals surface area contributed by atoms with Gasteiger partial charge >= 0.3 is 0 Å². The molecule has 19 heavy (non-hydrogen) atoms. The molecule has 1 saturated carbocycles. The molecule has 102 valence electrons. The highest BCUT2D eigenvalue weighted by Crippen LogP contribution is 2.28. The lowest BCUT2D eigenvalue weighted by Gasteiger charge is -2.24. The lowest BCUT2D eigenvalue weighted by molar-refractivity contribution is -0.131. The number of nitrogens with zero attached hydrogens (tertiary/aromatic N) is 2. The number of hydrogen-bond acceptors (Lipinski definition) is 2. The fraction of sp³-hybridized carbons (Fsp3) is 0.562. The highest BCUT2D eigenvalue weighted by molar-refractivity contribution is 5.78. The van der Waals surface area contributed by atoms with Gasteiger partial charge in [0.1, 0.15) is 0 Å². The van der Waals surface area contributed by atoms with Crippen LogP contribution in [0.3, 0.4) is 0 Å². The largest absolute Gasteiger partial charge is 0.342 e. The molecule has 2 fully saturated rings. The standard InChI is InChI=1S/C16H22N2O/c19-16(17-10-4-5-11-17)13-18(15-8-9-15)12-14-6-2-1-3-7-14/h1-3,6-7,15H,4-5,8-13H2. The Labute approximate surface area is 115 Å². The van der Waals surface area contributed by atoms with Crippen LogP contribution in [0, 0.1) is 0 Å². The number of hydrogen-bond donors (Lipinski definition) is 0. The minimum absolute atomic E-state index is 0.320. The van der Waals surface area contributed by atoms with E-state index in [1.54, 1.807) is 0 Å². The molecule has 0 N–H and O–H groups in total. The number of carbonyl (C=O) groups excluding carboxylic acids is 1. The van der Waals surface area contributed by atoms with Crippen LogP contribution < -0.4 is 0 Å². The zero-order valence-corrected chi connectivity index (χ0v) is 11.4. The van der Waals surface area contributed by atoms with E-state index in [0.717, 1.165) is 19.6 Å². The van der Waals surface area contributed by atoms with Gasteiger partial charge in [-0.15, -0.1) is 0 Å². The van der Waals surface area contributed by atoms with Crippen LogP contribution in [-0.4, -0.2) is 41.4 Å². The summed E-state index contributed by atoms with van der Waals surface area (Å²) < 4.78 is 0. The van der Waals surface area contributed by atoms with Gasteiger partial charge in [0.25, 0.3) is 0 Å². The maximum atomic E-state index is 12.3. The number of benzene rings is 1. The number of carbonyl (C=O) groups is 1. The zero-order chi connectivity index (χ0) is 13.1. The quantitative estimate of drug-likeness (QED) is 0.809. The van der Waals surface area contributed by atoms with Crippen molar-refractivity contribution in [1.82, 2.24) is 9.80 Å². The highest BCUT2D eigenvalue weighted by Gasteiger charge is 2.31. The second-order valence-corrected chi connectivity index (χ2v) is 5.71. The van der Waals surface area contributed by atoms with Crippen LogP contribution in [0.2, 0.25) is 0 Å². The first-order valence-corrected chi connectivity index (χ1v) is 7.39. The second kappa shape index (κ2) is 5.74. The van der Waals surface area contributed by atoms with Crippen molar-refractivity contribution in [3.05, 3.63) is 35.9 Å². The molecule has 0 atom stereocenters. The molecule has 0 aromatic heterocycles. The molecule has 3 heteroatoms. The maximum absolute atomic E-state index is 12.3. The van der Waals surface area contributed by atoms with E-state index in [0.29, 0.717) is 18.5 Å². The van der Waals surface area contributed by atoms with Gasteiger partial charge in [-0.2, -0.15) is 0 Å². The number of rotatable bonds is 5. The van der Waals surface area contributed by atoms with Crippen LogP contribution in [0.25, 0.3) is 0 Å². The van der Waals surface area contributed by atoms with Gasteiger partial charge in [0.2, 0.25) is 5.91 Å². The third-order valence-electron chi connectivity index (χ3n) is 4.09. The Hall–Kier alpha value is -1.35. The Morgan fingerprint density at radius 1 is 1.16 bits per heavy atom. The first kappa shape index (κ1) is 12.7. The van der Waals surface area contributed by atoms with Crippen LogP contribution >= 0.6 is 0 Å². The molecule has 3 rings (SSSR count). The molecule has 2 aliphatic rings. The summed E-state index contributed by atoms with van der Waals surface area (Å²) in [6.45, 7) is 3.43. The molecule has 1 saturated heterocycles. The van der Waals surface area contributed by atoms with Crippen LogP contribution in [0.1, 0.15) is 31.2 Å². The summed E-state index contributed by atoms with van der Waals surface area (Å²) >= 11 is 0. The molecular weight excluding hydrogens is 236 g/mol. The topological polar surface area (TPSA) is 23.6 Å². The molecule has 1 amide bonds. The Morgan fingerprint density at radius 3 is 2.47 bits per heavy atom. The summed E-state index contributed by atoms with van der Waals surface area (Å²) in [6, 6.07) is 11.1. The van der Waals surface area contributed by atoms with Gasteiger partial charge in [-0.05, 0) is 31.2 Å². The summed E-state index contributed by atoms with van der Waals surface area (Å²) in [5, 5.41) is 0. The van der Waals surface area contributed by atoms with Crippen molar-refractivity contribution in [2.45, 2.75) is 38.3 Å². The van der Waals surface area contributed by atoms with Crippen LogP contribution in [-0.2, 0) is 11.3 Å². The molecule has 1 aliphatic heterocycles. The van der Waals surface area contributed by atoms with E-state index >= 15 is 0 Å². The average molecular weight is 258 g/mol. The van der Waals surface area contributed by atoms with Crippen molar-refractivity contribution >= 4 is 5.91 Å². The zero-order valence-electron chi connectivity index (χ0n) is 11.4. The van der Waals surface area contributed by atoms with E-state index in [1.807, 2.05) is 11.0 Å². The maximum Gasteiger partial charge on any atom is 0.236 e. The smallest absolute Gasteiger partial charge is 0.236 e. The summed E-state index contributed by atoms with van der Waals surface area (Å²) in [7, 11) is 0. The Morgan fingerprint density at radius 2 is 1.84 bits per heavy atom. The lowest BCUT2D eigenvalue weighted by atomic mass is 10.2. The predicted octanol–water partition coefficient (Wildman–Crippen LogP) is 2.27. The predicted molar refractivity (Wildman–Crippen MR) is 75.7 cm³/mol. The molecule has 0 radical (unpaired) electrons. The Kier molecular flexibility index (Phi) is 3.83. The normalized spacial score (nSPS) is 19.1. The van der Waals surface area contributed by atoms with Gasteiger partial charge in [0.15, 0.2) is 0 Å². The molecule has 0 unspecified atom stereocenters. The van der Waals surface area contributed by atoms with Gasteiger partial charge in [0, 0.05) is 25.7 Å². The van der Waals surface area contributed by atoms with Gasteiger partial charge in [-0.1, -0.05) is 30.3 Å². The first-order valence-electron chi connectivity index (χ1n) is 7.39. The SMILES string of the molecule is O=C(CN(Cc1ccccc1)C1CC1)N1CCCC1. The van der Waals surface area contributed by atoms with Crippen molar-refractivity contribution in [2.24, 2.45) is 0 Å². The first-order chi connectivity index (χ1) is 9.33. The van der Waals surface area contributed by atoms with Crippen molar-refractivity contribution in [3.63, 3.8) is 0 Å². The van der Waals surface area contributed by atoms with Crippen LogP contribution in [0.15, 0.2) is 30.3 Å². The Bertz CT molecular complexity index is 422. The van der Waals surface area contributed by atoms with E-state index in [2.05, 4.69) is 29.2 Å². The minimum Gasteiger partial charge on any atom is -0.342 e. The van der Waals surface area contributed by atoms with Gasteiger partial charge < -0.3 is 4.90 Å². The van der Waals surface area contributed by atoms with E-state index < -0.39 is 0 Å². The molecule has 3 nitrogen and oxygen atoms in total. The van der Waals surface area contributed by atoms with Crippen molar-refractivity contribution in [2.75, 3.05) is 19.6 Å².